The fraction of sp³-hybridized carbons (Fsp3) is 0.789. The minimum Gasteiger partial charge on any atom is -0.465 e. The van der Waals surface area contributed by atoms with Crippen molar-refractivity contribution in [3.63, 3.8) is 0 Å². The van der Waals surface area contributed by atoms with E-state index in [0.29, 0.717) is 25.7 Å². The van der Waals surface area contributed by atoms with Crippen molar-refractivity contribution in [2.24, 2.45) is 0 Å². The highest BCUT2D eigenvalue weighted by molar-refractivity contribution is 5.93. The van der Waals surface area contributed by atoms with E-state index < -0.39 is 24.1 Å². The van der Waals surface area contributed by atoms with Crippen LogP contribution >= 0.6 is 0 Å². The van der Waals surface area contributed by atoms with Crippen LogP contribution in [-0.4, -0.2) is 47.6 Å². The molecule has 0 saturated carbocycles. The topological polar surface area (TPSA) is 93.1 Å². The van der Waals surface area contributed by atoms with Gasteiger partial charge in [0.05, 0.1) is 31.8 Å². The Morgan fingerprint density at radius 2 is 1.36 bits per heavy atom. The zero-order valence-corrected chi connectivity index (χ0v) is 15.7. The third-order valence-corrected chi connectivity index (χ3v) is 3.83. The van der Waals surface area contributed by atoms with Crippen LogP contribution in [0.25, 0.3) is 0 Å². The molecule has 6 heteroatoms. The van der Waals surface area contributed by atoms with Crippen LogP contribution in [0.15, 0.2) is 12.2 Å². The van der Waals surface area contributed by atoms with Crippen LogP contribution in [0.1, 0.15) is 71.6 Å². The highest BCUT2D eigenvalue weighted by Crippen LogP contribution is 2.08. The molecule has 0 aliphatic heterocycles. The lowest BCUT2D eigenvalue weighted by Crippen LogP contribution is -2.17. The highest BCUT2D eigenvalue weighted by Gasteiger charge is 2.15. The molecular formula is C19H34O6. The molecule has 6 nitrogen and oxygen atoms in total. The van der Waals surface area contributed by atoms with Gasteiger partial charge in [0.1, 0.15) is 0 Å². The van der Waals surface area contributed by atoms with Gasteiger partial charge in [0.25, 0.3) is 0 Å². The summed E-state index contributed by atoms with van der Waals surface area (Å²) in [6.07, 6.45) is 4.83. The standard InChI is InChI=1S/C19H34O6/c1-4-6-8-16(20)10-12-24-18(22)14-15(3)19(23)25-13-11-17(21)9-7-5-2/h16-17,20-21H,3-14H2,1-2H3. The van der Waals surface area contributed by atoms with Gasteiger partial charge in [0.15, 0.2) is 0 Å². The molecule has 0 spiro atoms. The van der Waals surface area contributed by atoms with Crippen molar-refractivity contribution in [2.45, 2.75) is 83.8 Å². The number of carbonyl (C=O) groups is 2. The van der Waals surface area contributed by atoms with E-state index in [2.05, 4.69) is 6.58 Å². The molecule has 2 N–H and O–H groups in total. The Labute approximate surface area is 151 Å². The first-order chi connectivity index (χ1) is 11.9. The molecule has 146 valence electrons. The highest BCUT2D eigenvalue weighted by atomic mass is 16.5. The Bertz CT molecular complexity index is 393. The van der Waals surface area contributed by atoms with Gasteiger partial charge in [0, 0.05) is 18.4 Å². The molecule has 25 heavy (non-hydrogen) atoms. The van der Waals surface area contributed by atoms with Crippen molar-refractivity contribution in [3.8, 4) is 0 Å². The van der Waals surface area contributed by atoms with Crippen molar-refractivity contribution in [1.82, 2.24) is 0 Å². The normalized spacial score (nSPS) is 13.1. The number of ether oxygens (including phenoxy) is 2. The Hall–Kier alpha value is -1.40. The van der Waals surface area contributed by atoms with Gasteiger partial charge >= 0.3 is 11.9 Å². The van der Waals surface area contributed by atoms with Gasteiger partial charge in [0.2, 0.25) is 0 Å². The van der Waals surface area contributed by atoms with E-state index in [4.69, 9.17) is 9.47 Å². The van der Waals surface area contributed by atoms with Crippen LogP contribution in [0.3, 0.4) is 0 Å². The summed E-state index contributed by atoms with van der Waals surface area (Å²) in [5, 5.41) is 19.3. The summed E-state index contributed by atoms with van der Waals surface area (Å²) in [6, 6.07) is 0. The summed E-state index contributed by atoms with van der Waals surface area (Å²) in [5.74, 6) is -1.21. The minimum absolute atomic E-state index is 0.0274. The zero-order valence-electron chi connectivity index (χ0n) is 15.7. The number of esters is 2. The molecule has 2 atom stereocenters. The molecule has 0 aromatic carbocycles. The van der Waals surface area contributed by atoms with Crippen LogP contribution in [-0.2, 0) is 19.1 Å². The lowest BCUT2D eigenvalue weighted by Gasteiger charge is -2.12. The van der Waals surface area contributed by atoms with Crippen LogP contribution in [0.2, 0.25) is 0 Å². The number of hydrogen-bond acceptors (Lipinski definition) is 6. The Morgan fingerprint density at radius 3 is 1.84 bits per heavy atom. The fourth-order valence-electron chi connectivity index (χ4n) is 2.16. The van der Waals surface area contributed by atoms with Crippen molar-refractivity contribution in [3.05, 3.63) is 12.2 Å². The van der Waals surface area contributed by atoms with E-state index >= 15 is 0 Å². The summed E-state index contributed by atoms with van der Waals surface area (Å²) in [5.41, 5.74) is 0.0274. The van der Waals surface area contributed by atoms with Crippen molar-refractivity contribution in [2.75, 3.05) is 13.2 Å². The van der Waals surface area contributed by atoms with Gasteiger partial charge < -0.3 is 19.7 Å². The largest absolute Gasteiger partial charge is 0.465 e. The average Bonchev–Trinajstić information content (AvgIpc) is 2.57. The number of unbranched alkanes of at least 4 members (excludes halogenated alkanes) is 2. The summed E-state index contributed by atoms with van der Waals surface area (Å²) < 4.78 is 9.99. The van der Waals surface area contributed by atoms with Crippen molar-refractivity contribution in [1.29, 1.82) is 0 Å². The number of aliphatic hydroxyl groups is 2. The molecule has 0 amide bonds. The van der Waals surface area contributed by atoms with Gasteiger partial charge in [-0.3, -0.25) is 4.79 Å². The van der Waals surface area contributed by atoms with E-state index in [0.717, 1.165) is 25.7 Å². The number of carbonyl (C=O) groups excluding carboxylic acids is 2. The van der Waals surface area contributed by atoms with Gasteiger partial charge in [-0.2, -0.15) is 0 Å². The lowest BCUT2D eigenvalue weighted by molar-refractivity contribution is -0.147. The maximum absolute atomic E-state index is 11.7. The van der Waals surface area contributed by atoms with Gasteiger partial charge in [-0.25, -0.2) is 4.79 Å². The van der Waals surface area contributed by atoms with Crippen molar-refractivity contribution >= 4 is 11.9 Å². The molecule has 0 radical (unpaired) electrons. The number of aliphatic hydroxyl groups excluding tert-OH is 2. The van der Waals surface area contributed by atoms with Crippen LogP contribution in [0.5, 0.6) is 0 Å². The second-order valence-electron chi connectivity index (χ2n) is 6.31. The van der Waals surface area contributed by atoms with E-state index in [1.807, 2.05) is 13.8 Å². The van der Waals surface area contributed by atoms with E-state index in [1.165, 1.54) is 0 Å². The molecular weight excluding hydrogens is 324 g/mol. The first kappa shape index (κ1) is 23.6. The molecule has 0 aromatic heterocycles. The maximum Gasteiger partial charge on any atom is 0.333 e. The predicted molar refractivity (Wildman–Crippen MR) is 96.0 cm³/mol. The van der Waals surface area contributed by atoms with Gasteiger partial charge in [-0.05, 0) is 12.8 Å². The quantitative estimate of drug-likeness (QED) is 0.345. The Kier molecular flexibility index (Phi) is 14.1. The maximum atomic E-state index is 11.7. The third kappa shape index (κ3) is 13.6. The average molecular weight is 358 g/mol. The zero-order chi connectivity index (χ0) is 19.1. The SMILES string of the molecule is C=C(CC(=O)OCCC(O)CCCC)C(=O)OCCC(O)CCCC. The van der Waals surface area contributed by atoms with Gasteiger partial charge in [-0.15, -0.1) is 0 Å². The minimum atomic E-state index is -0.650. The second kappa shape index (κ2) is 14.9. The Balaban J connectivity index is 3.84. The molecule has 0 fully saturated rings. The van der Waals surface area contributed by atoms with E-state index in [9.17, 15) is 19.8 Å². The molecule has 0 rings (SSSR count). The molecule has 0 aromatic rings. The predicted octanol–water partition coefficient (Wildman–Crippen LogP) is 2.90. The summed E-state index contributed by atoms with van der Waals surface area (Å²) in [7, 11) is 0. The third-order valence-electron chi connectivity index (χ3n) is 3.83. The molecule has 0 aliphatic carbocycles. The molecule has 0 heterocycles. The smallest absolute Gasteiger partial charge is 0.333 e. The monoisotopic (exact) mass is 358 g/mol. The fourth-order valence-corrected chi connectivity index (χ4v) is 2.16. The number of rotatable bonds is 15. The lowest BCUT2D eigenvalue weighted by atomic mass is 10.1. The Morgan fingerprint density at radius 1 is 0.880 bits per heavy atom. The van der Waals surface area contributed by atoms with E-state index in [1.54, 1.807) is 0 Å². The molecule has 0 aliphatic rings. The summed E-state index contributed by atoms with van der Waals surface area (Å²) >= 11 is 0. The summed E-state index contributed by atoms with van der Waals surface area (Å²) in [4.78, 5) is 23.4. The van der Waals surface area contributed by atoms with Crippen molar-refractivity contribution < 1.29 is 29.3 Å². The van der Waals surface area contributed by atoms with E-state index in [-0.39, 0.29) is 25.2 Å². The molecule has 0 bridgehead atoms. The first-order valence-corrected chi connectivity index (χ1v) is 9.27. The second-order valence-corrected chi connectivity index (χ2v) is 6.31. The molecule has 2 unspecified atom stereocenters. The molecule has 0 saturated heterocycles. The number of hydrogen-bond donors (Lipinski definition) is 2. The summed E-state index contributed by atoms with van der Waals surface area (Å²) in [6.45, 7) is 7.85. The van der Waals surface area contributed by atoms with Crippen LogP contribution in [0, 0.1) is 0 Å². The van der Waals surface area contributed by atoms with Gasteiger partial charge in [-0.1, -0.05) is 46.1 Å². The van der Waals surface area contributed by atoms with Crippen LogP contribution < -0.4 is 0 Å². The van der Waals surface area contributed by atoms with Crippen LogP contribution in [0.4, 0.5) is 0 Å². The first-order valence-electron chi connectivity index (χ1n) is 9.27.